The minimum atomic E-state index is -3.09. The number of carbonyl (C=O) groups excluding carboxylic acids is 1. The number of rotatable bonds is 6. The second-order valence-electron chi connectivity index (χ2n) is 6.35. The standard InChI is InChI=1S/C18H12ClF4N7O/c19-10-3-1-9(2-4-10)7-29-8-24-18(28-29)26-17(31)12-6-14-25-11(15(20)21)5-13(16(22)23)30(14)27-12/h1-6,8,15-16H,7H2,(H,26,28,31). The molecule has 160 valence electrons. The highest BCUT2D eigenvalue weighted by atomic mass is 35.5. The van der Waals surface area contributed by atoms with Crippen LogP contribution in [0.25, 0.3) is 5.65 Å². The molecule has 0 aliphatic carbocycles. The first-order chi connectivity index (χ1) is 14.8. The number of alkyl halides is 4. The molecule has 3 aromatic heterocycles. The quantitative estimate of drug-likeness (QED) is 0.443. The molecule has 0 aliphatic rings. The van der Waals surface area contributed by atoms with E-state index in [2.05, 4.69) is 25.5 Å². The topological polar surface area (TPSA) is 90.0 Å². The fourth-order valence-electron chi connectivity index (χ4n) is 2.77. The van der Waals surface area contributed by atoms with Crippen LogP contribution < -0.4 is 5.32 Å². The van der Waals surface area contributed by atoms with Gasteiger partial charge in [0.1, 0.15) is 17.7 Å². The summed E-state index contributed by atoms with van der Waals surface area (Å²) < 4.78 is 54.4. The van der Waals surface area contributed by atoms with E-state index in [9.17, 15) is 22.4 Å². The van der Waals surface area contributed by atoms with Gasteiger partial charge in [-0.15, -0.1) is 5.10 Å². The number of anilines is 1. The van der Waals surface area contributed by atoms with Gasteiger partial charge in [-0.25, -0.2) is 36.7 Å². The number of hydrogen-bond donors (Lipinski definition) is 1. The first-order valence-corrected chi connectivity index (χ1v) is 9.10. The molecule has 4 rings (SSSR count). The van der Waals surface area contributed by atoms with Gasteiger partial charge < -0.3 is 0 Å². The van der Waals surface area contributed by atoms with Gasteiger partial charge in [-0.3, -0.25) is 10.1 Å². The van der Waals surface area contributed by atoms with E-state index in [1.807, 2.05) is 0 Å². The van der Waals surface area contributed by atoms with Crippen LogP contribution >= 0.6 is 11.6 Å². The van der Waals surface area contributed by atoms with Gasteiger partial charge in [0.05, 0.1) is 6.54 Å². The summed E-state index contributed by atoms with van der Waals surface area (Å²) in [7, 11) is 0. The molecule has 0 spiro atoms. The Kier molecular flexibility index (Phi) is 5.55. The maximum atomic E-state index is 13.2. The lowest BCUT2D eigenvalue weighted by molar-refractivity contribution is 0.101. The molecule has 0 atom stereocenters. The molecule has 0 saturated heterocycles. The number of carbonyl (C=O) groups is 1. The van der Waals surface area contributed by atoms with Gasteiger partial charge in [0.2, 0.25) is 5.95 Å². The Morgan fingerprint density at radius 2 is 1.81 bits per heavy atom. The van der Waals surface area contributed by atoms with Crippen molar-refractivity contribution in [3.63, 3.8) is 0 Å². The number of hydrogen-bond acceptors (Lipinski definition) is 5. The third-order valence-electron chi connectivity index (χ3n) is 4.17. The number of benzene rings is 1. The lowest BCUT2D eigenvalue weighted by Crippen LogP contribution is -2.14. The van der Waals surface area contributed by atoms with E-state index in [4.69, 9.17) is 11.6 Å². The first-order valence-electron chi connectivity index (χ1n) is 8.72. The predicted molar refractivity (Wildman–Crippen MR) is 101 cm³/mol. The number of fused-ring (bicyclic) bond motifs is 1. The van der Waals surface area contributed by atoms with E-state index in [-0.39, 0.29) is 17.3 Å². The molecule has 3 heterocycles. The van der Waals surface area contributed by atoms with Gasteiger partial charge in [-0.05, 0) is 23.8 Å². The highest BCUT2D eigenvalue weighted by molar-refractivity contribution is 6.30. The number of aromatic nitrogens is 6. The second kappa shape index (κ2) is 8.30. The SMILES string of the molecule is O=C(Nc1ncn(Cc2ccc(Cl)cc2)n1)c1cc2nc(C(F)F)cc(C(F)F)n2n1. The fraction of sp³-hybridized carbons (Fsp3) is 0.167. The van der Waals surface area contributed by atoms with Crippen LogP contribution in [-0.2, 0) is 6.54 Å². The highest BCUT2D eigenvalue weighted by Crippen LogP contribution is 2.25. The molecule has 31 heavy (non-hydrogen) atoms. The predicted octanol–water partition coefficient (Wildman–Crippen LogP) is 4.15. The zero-order valence-electron chi connectivity index (χ0n) is 15.4. The zero-order valence-corrected chi connectivity index (χ0v) is 16.1. The van der Waals surface area contributed by atoms with Gasteiger partial charge in [0.15, 0.2) is 11.3 Å². The summed E-state index contributed by atoms with van der Waals surface area (Å²) in [6.45, 7) is 0.368. The molecular formula is C18H12ClF4N7O. The third-order valence-corrected chi connectivity index (χ3v) is 4.43. The van der Waals surface area contributed by atoms with Gasteiger partial charge in [-0.2, -0.15) is 5.10 Å². The molecule has 0 saturated carbocycles. The van der Waals surface area contributed by atoms with Gasteiger partial charge in [-0.1, -0.05) is 23.7 Å². The van der Waals surface area contributed by atoms with Crippen LogP contribution in [-0.4, -0.2) is 35.3 Å². The van der Waals surface area contributed by atoms with E-state index in [0.29, 0.717) is 22.1 Å². The van der Waals surface area contributed by atoms with E-state index in [1.54, 1.807) is 24.3 Å². The molecule has 1 aromatic carbocycles. The molecule has 0 radical (unpaired) electrons. The van der Waals surface area contributed by atoms with Crippen LogP contribution in [0.4, 0.5) is 23.5 Å². The summed E-state index contributed by atoms with van der Waals surface area (Å²) in [5, 5.41) is 10.8. The Labute approximate surface area is 176 Å². The number of amides is 1. The van der Waals surface area contributed by atoms with Gasteiger partial charge in [0, 0.05) is 11.1 Å². The Bertz CT molecular complexity index is 1240. The summed E-state index contributed by atoms with van der Waals surface area (Å²) in [4.78, 5) is 20.0. The molecule has 0 fully saturated rings. The average molecular weight is 454 g/mol. The highest BCUT2D eigenvalue weighted by Gasteiger charge is 2.22. The molecule has 1 N–H and O–H groups in total. The molecule has 8 nitrogen and oxygen atoms in total. The van der Waals surface area contributed by atoms with Crippen molar-refractivity contribution in [3.05, 3.63) is 70.4 Å². The second-order valence-corrected chi connectivity index (χ2v) is 6.79. The first kappa shape index (κ1) is 20.7. The Morgan fingerprint density at radius 3 is 2.48 bits per heavy atom. The third kappa shape index (κ3) is 4.48. The molecule has 0 bridgehead atoms. The van der Waals surface area contributed by atoms with Crippen LogP contribution in [0.3, 0.4) is 0 Å². The Hall–Kier alpha value is -3.54. The van der Waals surface area contributed by atoms with Crippen molar-refractivity contribution >= 4 is 29.1 Å². The molecule has 13 heteroatoms. The van der Waals surface area contributed by atoms with Gasteiger partial charge in [0.25, 0.3) is 18.8 Å². The maximum Gasteiger partial charge on any atom is 0.280 e. The lowest BCUT2D eigenvalue weighted by atomic mass is 10.2. The summed E-state index contributed by atoms with van der Waals surface area (Å²) in [6.07, 6.45) is -4.76. The van der Waals surface area contributed by atoms with Crippen LogP contribution in [0.2, 0.25) is 5.02 Å². The van der Waals surface area contributed by atoms with Crippen molar-refractivity contribution in [2.75, 3.05) is 5.32 Å². The average Bonchev–Trinajstić information content (AvgIpc) is 3.35. The molecule has 0 aliphatic heterocycles. The maximum absolute atomic E-state index is 13.2. The van der Waals surface area contributed by atoms with Gasteiger partial charge >= 0.3 is 0 Å². The fourth-order valence-corrected chi connectivity index (χ4v) is 2.89. The van der Waals surface area contributed by atoms with Crippen LogP contribution in [0.5, 0.6) is 0 Å². The van der Waals surface area contributed by atoms with E-state index in [1.165, 1.54) is 11.0 Å². The minimum absolute atomic E-state index is 0.0497. The minimum Gasteiger partial charge on any atom is -0.288 e. The summed E-state index contributed by atoms with van der Waals surface area (Å²) in [5.41, 5.74) is -1.36. The number of nitrogens with one attached hydrogen (secondary N) is 1. The van der Waals surface area contributed by atoms with Crippen LogP contribution in [0, 0.1) is 0 Å². The van der Waals surface area contributed by atoms with Crippen molar-refractivity contribution in [1.82, 2.24) is 29.4 Å². The molecular weight excluding hydrogens is 442 g/mol. The Balaban J connectivity index is 1.54. The summed E-state index contributed by atoms with van der Waals surface area (Å²) >= 11 is 5.84. The summed E-state index contributed by atoms with van der Waals surface area (Å²) in [6, 6.07) is 8.64. The van der Waals surface area contributed by atoms with Crippen LogP contribution in [0.15, 0.2) is 42.7 Å². The zero-order chi connectivity index (χ0) is 22.1. The Morgan fingerprint density at radius 1 is 1.06 bits per heavy atom. The smallest absolute Gasteiger partial charge is 0.280 e. The van der Waals surface area contributed by atoms with E-state index >= 15 is 0 Å². The molecule has 0 unspecified atom stereocenters. The molecule has 4 aromatic rings. The van der Waals surface area contributed by atoms with Crippen LogP contribution in [0.1, 0.15) is 40.3 Å². The van der Waals surface area contributed by atoms with Crippen molar-refractivity contribution in [2.45, 2.75) is 19.4 Å². The van der Waals surface area contributed by atoms with Crippen molar-refractivity contribution in [1.29, 1.82) is 0 Å². The van der Waals surface area contributed by atoms with Crippen molar-refractivity contribution in [2.24, 2.45) is 0 Å². The van der Waals surface area contributed by atoms with Crippen molar-refractivity contribution in [3.8, 4) is 0 Å². The monoisotopic (exact) mass is 453 g/mol. The molecule has 1 amide bonds. The van der Waals surface area contributed by atoms with E-state index < -0.39 is 30.1 Å². The van der Waals surface area contributed by atoms with E-state index in [0.717, 1.165) is 11.6 Å². The van der Waals surface area contributed by atoms with Crippen molar-refractivity contribution < 1.29 is 22.4 Å². The normalized spacial score (nSPS) is 11.6. The largest absolute Gasteiger partial charge is 0.288 e. The lowest BCUT2D eigenvalue weighted by Gasteiger charge is -2.06. The number of nitrogens with zero attached hydrogens (tertiary/aromatic N) is 6. The number of halogens is 5. The summed E-state index contributed by atoms with van der Waals surface area (Å²) in [5.74, 6) is -0.861.